The minimum absolute atomic E-state index is 0.544. The average Bonchev–Trinajstić information content (AvgIpc) is 3.69. The topological polar surface area (TPSA) is 117 Å². The van der Waals surface area contributed by atoms with Crippen LogP contribution in [0.5, 0.6) is 0 Å². The third kappa shape index (κ3) is 7.76. The molecule has 0 N–H and O–H groups in total. The van der Waals surface area contributed by atoms with Crippen molar-refractivity contribution < 1.29 is 13.4 Å². The smallest absolute Gasteiger partial charge is 0.247 e. The molecule has 6 aromatic rings. The molecule has 186 valence electrons. The predicted octanol–water partition coefficient (Wildman–Crippen LogP) is 7.35. The highest BCUT2D eigenvalue weighted by Crippen LogP contribution is 2.20. The summed E-state index contributed by atoms with van der Waals surface area (Å²) in [6.45, 7) is 3.55. The Hall–Kier alpha value is -3.96. The van der Waals surface area contributed by atoms with Crippen molar-refractivity contribution in [3.63, 3.8) is 0 Å². The molecule has 0 saturated heterocycles. The number of hydrogen-bond donors (Lipinski definition) is 0. The van der Waals surface area contributed by atoms with Crippen LogP contribution in [0.1, 0.15) is 11.8 Å². The second kappa shape index (κ2) is 12.8. The summed E-state index contributed by atoms with van der Waals surface area (Å²) >= 11 is 6.70. The summed E-state index contributed by atoms with van der Waals surface area (Å²) < 4.78 is 17.2. The standard InChI is InChI=1S/C9H7BrN2O.C9H8N2O.C8H5BrN2O/c1-6-11-12-9(13-6)7-2-4-8(10)5-3-7;1-7-10-9(11-12-7)8-5-3-2-4-6-8;9-7-3-1-6(2-4-7)8-11-10-5-12-8/h2-5H,1H3;2-6H,1H3;1-5H. The maximum absolute atomic E-state index is 5.27. The zero-order valence-corrected chi connectivity index (χ0v) is 22.9. The van der Waals surface area contributed by atoms with Gasteiger partial charge in [-0.3, -0.25) is 0 Å². The molecular weight excluding hydrogens is 604 g/mol. The van der Waals surface area contributed by atoms with E-state index in [2.05, 4.69) is 62.4 Å². The lowest BCUT2D eigenvalue weighted by atomic mass is 10.2. The van der Waals surface area contributed by atoms with E-state index in [0.717, 1.165) is 25.6 Å². The molecule has 3 aromatic carbocycles. The quantitative estimate of drug-likeness (QED) is 0.199. The van der Waals surface area contributed by atoms with E-state index in [1.54, 1.807) is 13.8 Å². The van der Waals surface area contributed by atoms with Crippen molar-refractivity contribution in [3.05, 3.63) is 106 Å². The average molecular weight is 624 g/mol. The molecule has 0 atom stereocenters. The van der Waals surface area contributed by atoms with Gasteiger partial charge in [-0.05, 0) is 48.5 Å². The molecule has 6 rings (SSSR count). The first-order valence-corrected chi connectivity index (χ1v) is 12.5. The third-order valence-corrected chi connectivity index (χ3v) is 5.69. The molecule has 0 aliphatic heterocycles. The van der Waals surface area contributed by atoms with E-state index in [-0.39, 0.29) is 0 Å². The van der Waals surface area contributed by atoms with E-state index in [9.17, 15) is 0 Å². The fraction of sp³-hybridized carbons (Fsp3) is 0.0769. The van der Waals surface area contributed by atoms with E-state index in [1.165, 1.54) is 6.39 Å². The maximum Gasteiger partial charge on any atom is 0.247 e. The van der Waals surface area contributed by atoms with Crippen molar-refractivity contribution in [2.45, 2.75) is 13.8 Å². The summed E-state index contributed by atoms with van der Waals surface area (Å²) in [6, 6.07) is 25.2. The van der Waals surface area contributed by atoms with Crippen LogP contribution in [0.3, 0.4) is 0 Å². The van der Waals surface area contributed by atoms with Gasteiger partial charge in [0.1, 0.15) is 0 Å². The lowest BCUT2D eigenvalue weighted by molar-refractivity contribution is 0.394. The van der Waals surface area contributed by atoms with Gasteiger partial charge in [0.2, 0.25) is 35.8 Å². The summed E-state index contributed by atoms with van der Waals surface area (Å²) in [5.41, 5.74) is 2.84. The Bertz CT molecular complexity index is 1500. The molecule has 37 heavy (non-hydrogen) atoms. The number of nitrogens with zero attached hydrogens (tertiary/aromatic N) is 6. The van der Waals surface area contributed by atoms with Gasteiger partial charge < -0.3 is 13.4 Å². The van der Waals surface area contributed by atoms with Crippen molar-refractivity contribution in [2.24, 2.45) is 0 Å². The van der Waals surface area contributed by atoms with Gasteiger partial charge in [0, 0.05) is 39.5 Å². The number of rotatable bonds is 3. The molecule has 0 aliphatic carbocycles. The van der Waals surface area contributed by atoms with E-state index in [1.807, 2.05) is 78.9 Å². The largest absolute Gasteiger partial charge is 0.423 e. The Balaban J connectivity index is 0.000000130. The van der Waals surface area contributed by atoms with E-state index < -0.39 is 0 Å². The van der Waals surface area contributed by atoms with Gasteiger partial charge >= 0.3 is 0 Å². The monoisotopic (exact) mass is 622 g/mol. The highest BCUT2D eigenvalue weighted by atomic mass is 79.9. The Morgan fingerprint density at radius 3 is 1.73 bits per heavy atom. The summed E-state index contributed by atoms with van der Waals surface area (Å²) in [6.07, 6.45) is 1.32. The van der Waals surface area contributed by atoms with Crippen LogP contribution >= 0.6 is 31.9 Å². The van der Waals surface area contributed by atoms with Gasteiger partial charge in [0.25, 0.3) is 0 Å². The van der Waals surface area contributed by atoms with Crippen molar-refractivity contribution in [2.75, 3.05) is 0 Å². The van der Waals surface area contributed by atoms with Crippen LogP contribution in [-0.2, 0) is 0 Å². The van der Waals surface area contributed by atoms with Crippen LogP contribution in [0.4, 0.5) is 0 Å². The van der Waals surface area contributed by atoms with Gasteiger partial charge in [-0.2, -0.15) is 4.98 Å². The second-order valence-electron chi connectivity index (χ2n) is 7.39. The van der Waals surface area contributed by atoms with Crippen LogP contribution in [-0.4, -0.2) is 30.5 Å². The number of aryl methyl sites for hydroxylation is 2. The first-order chi connectivity index (χ1) is 18.0. The SMILES string of the molecule is Brc1ccc(-c2nnco2)cc1.Cc1nc(-c2ccccc2)no1.Cc1nnc(-c2ccc(Br)cc2)o1. The number of benzene rings is 3. The van der Waals surface area contributed by atoms with Gasteiger partial charge in [-0.15, -0.1) is 20.4 Å². The van der Waals surface area contributed by atoms with Crippen molar-refractivity contribution in [3.8, 4) is 34.3 Å². The maximum atomic E-state index is 5.27. The van der Waals surface area contributed by atoms with Gasteiger partial charge in [0.15, 0.2) is 0 Å². The Morgan fingerprint density at radius 1 is 0.622 bits per heavy atom. The summed E-state index contributed by atoms with van der Waals surface area (Å²) in [7, 11) is 0. The number of hydrogen-bond acceptors (Lipinski definition) is 9. The summed E-state index contributed by atoms with van der Waals surface area (Å²) in [5, 5.41) is 18.8. The molecule has 0 aliphatic rings. The fourth-order valence-electron chi connectivity index (χ4n) is 2.90. The molecule has 0 unspecified atom stereocenters. The number of aromatic nitrogens is 6. The molecule has 11 heteroatoms. The minimum Gasteiger partial charge on any atom is -0.423 e. The van der Waals surface area contributed by atoms with Crippen LogP contribution < -0.4 is 0 Å². The van der Waals surface area contributed by atoms with Crippen LogP contribution in [0.15, 0.2) is 108 Å². The first kappa shape index (κ1) is 26.1. The van der Waals surface area contributed by atoms with Crippen LogP contribution in [0.2, 0.25) is 0 Å². The fourth-order valence-corrected chi connectivity index (χ4v) is 3.43. The highest BCUT2D eigenvalue weighted by molar-refractivity contribution is 9.10. The van der Waals surface area contributed by atoms with Crippen LogP contribution in [0, 0.1) is 13.8 Å². The molecular formula is C26H20Br2N6O3. The predicted molar refractivity (Wildman–Crippen MR) is 144 cm³/mol. The third-order valence-electron chi connectivity index (χ3n) is 4.63. The van der Waals surface area contributed by atoms with Gasteiger partial charge in [-0.25, -0.2) is 0 Å². The summed E-state index contributed by atoms with van der Waals surface area (Å²) in [4.78, 5) is 4.10. The zero-order valence-electron chi connectivity index (χ0n) is 19.7. The van der Waals surface area contributed by atoms with E-state index in [0.29, 0.717) is 29.4 Å². The second-order valence-corrected chi connectivity index (χ2v) is 9.22. The Morgan fingerprint density at radius 2 is 1.24 bits per heavy atom. The molecule has 0 fully saturated rings. The molecule has 3 heterocycles. The van der Waals surface area contributed by atoms with Crippen molar-refractivity contribution in [1.82, 2.24) is 30.5 Å². The molecule has 3 aromatic heterocycles. The lowest BCUT2D eigenvalue weighted by Crippen LogP contribution is -1.78. The highest BCUT2D eigenvalue weighted by Gasteiger charge is 2.05. The molecule has 0 bridgehead atoms. The molecule has 0 amide bonds. The molecule has 0 spiro atoms. The van der Waals surface area contributed by atoms with E-state index >= 15 is 0 Å². The summed E-state index contributed by atoms with van der Waals surface area (Å²) in [5.74, 6) is 2.92. The minimum atomic E-state index is 0.544. The van der Waals surface area contributed by atoms with Gasteiger partial charge in [0.05, 0.1) is 0 Å². The number of halogens is 2. The molecule has 0 saturated carbocycles. The van der Waals surface area contributed by atoms with Gasteiger partial charge in [-0.1, -0.05) is 67.3 Å². The zero-order chi connectivity index (χ0) is 26.0. The van der Waals surface area contributed by atoms with E-state index in [4.69, 9.17) is 13.4 Å². The Labute approximate surface area is 229 Å². The Kier molecular flexibility index (Phi) is 9.06. The first-order valence-electron chi connectivity index (χ1n) is 10.9. The normalized spacial score (nSPS) is 10.2. The molecule has 9 nitrogen and oxygen atoms in total. The van der Waals surface area contributed by atoms with Crippen molar-refractivity contribution in [1.29, 1.82) is 0 Å². The van der Waals surface area contributed by atoms with Crippen LogP contribution in [0.25, 0.3) is 34.3 Å². The van der Waals surface area contributed by atoms with Crippen molar-refractivity contribution >= 4 is 31.9 Å². The lowest BCUT2D eigenvalue weighted by Gasteiger charge is -1.93. The molecule has 0 radical (unpaired) electrons.